The molecule has 1 aromatic rings. The van der Waals surface area contributed by atoms with Gasteiger partial charge in [-0.1, -0.05) is 36.4 Å². The Bertz CT molecular complexity index is 272. The van der Waals surface area contributed by atoms with Crippen LogP contribution in [-0.4, -0.2) is 62.2 Å². The first kappa shape index (κ1) is 31.5. The fraction of sp³-hybridized carbons (Fsp3) is 0. The van der Waals surface area contributed by atoms with Gasteiger partial charge in [-0.2, -0.15) is 0 Å². The van der Waals surface area contributed by atoms with E-state index in [1.807, 2.05) is 36.4 Å². The Hall–Kier alpha value is -0.864. The summed E-state index contributed by atoms with van der Waals surface area (Å²) in [5.74, 6) is 0. The topological polar surface area (TPSA) is 190 Å². The summed E-state index contributed by atoms with van der Waals surface area (Å²) in [5, 5.41) is 0. The molecule has 1 aromatic carbocycles. The molecule has 0 heterocycles. The van der Waals surface area contributed by atoms with Gasteiger partial charge < -0.3 is 42.2 Å². The third kappa shape index (κ3) is 169. The predicted octanol–water partition coefficient (Wildman–Crippen LogP) is -7.71. The summed E-state index contributed by atoms with van der Waals surface area (Å²) in [4.78, 5) is 51.1. The molecule has 0 aliphatic carbocycles. The molecule has 0 saturated carbocycles. The summed E-state index contributed by atoms with van der Waals surface area (Å²) in [6.45, 7) is 0. The van der Waals surface area contributed by atoms with Gasteiger partial charge in [-0.15, -0.1) is 0 Å². The van der Waals surface area contributed by atoms with Crippen LogP contribution in [0, 0.1) is 0 Å². The Morgan fingerprint density at radius 2 is 0.500 bits per heavy atom. The smallest absolute Gasteiger partial charge is 0.672 e. The van der Waals surface area contributed by atoms with Crippen LogP contribution in [0.3, 0.4) is 0 Å². The van der Waals surface area contributed by atoms with Gasteiger partial charge in [-0.05, 0) is 0 Å². The molecule has 1 rings (SSSR count). The molecule has 0 aliphatic rings. The predicted molar refractivity (Wildman–Crippen MR) is 57.3 cm³/mol. The molecule has 9 nitrogen and oxygen atoms in total. The van der Waals surface area contributed by atoms with Crippen LogP contribution in [0.25, 0.3) is 0 Å². The van der Waals surface area contributed by atoms with Crippen molar-refractivity contribution in [2.45, 2.75) is 0 Å². The Labute approximate surface area is 140 Å². The van der Waals surface area contributed by atoms with Crippen molar-refractivity contribution >= 4 is 62.2 Å². The van der Waals surface area contributed by atoms with Gasteiger partial charge in [0.05, 0.1) is 0 Å². The van der Waals surface area contributed by atoms with Crippen molar-refractivity contribution < 1.29 is 42.2 Å². The summed E-state index contributed by atoms with van der Waals surface area (Å²) >= 11 is 0. The summed E-state index contributed by atoms with van der Waals surface area (Å²) in [5.41, 5.74) is 0. The van der Waals surface area contributed by atoms with E-state index in [-0.39, 0.29) is 34.7 Å². The number of rotatable bonds is 0. The molecule has 0 bridgehead atoms. The van der Waals surface area contributed by atoms with E-state index < -0.39 is 27.5 Å². The van der Waals surface area contributed by atoms with Crippen molar-refractivity contribution in [2.24, 2.45) is 0 Å². The van der Waals surface area contributed by atoms with Gasteiger partial charge in [0.1, 0.15) is 0 Å². The molecule has 0 aromatic heterocycles. The maximum Gasteiger partial charge on any atom is 3.00 e. The van der Waals surface area contributed by atoms with Crippen LogP contribution < -0.4 is 28.8 Å². The van der Waals surface area contributed by atoms with Crippen LogP contribution in [0.1, 0.15) is 0 Å². The Balaban J connectivity index is -0.0000000496. The molecule has 0 aliphatic heterocycles. The summed E-state index contributed by atoms with van der Waals surface area (Å²) < 4.78 is 25.6. The summed E-state index contributed by atoms with van der Waals surface area (Å²) in [6, 6.07) is 12.0. The molecule has 0 radical (unpaired) electrons. The van der Waals surface area contributed by atoms with Crippen molar-refractivity contribution in [2.75, 3.05) is 0 Å². The second-order valence-corrected chi connectivity index (χ2v) is 3.40. The zero-order valence-electron chi connectivity index (χ0n) is 9.79. The van der Waals surface area contributed by atoms with Crippen molar-refractivity contribution in [3.63, 3.8) is 0 Å². The summed E-state index contributed by atoms with van der Waals surface area (Å²) in [6.07, 6.45) is 0. The van der Waals surface area contributed by atoms with Gasteiger partial charge in [0.15, 0.2) is 0 Å². The first-order chi connectivity index (χ1) is 8.20. The molecule has 20 heavy (non-hydrogen) atoms. The number of benzene rings is 1. The minimum absolute atomic E-state index is 0. The quantitative estimate of drug-likeness (QED) is 0.404. The van der Waals surface area contributed by atoms with Gasteiger partial charge in [-0.3, -0.25) is 0 Å². The van der Waals surface area contributed by atoms with E-state index in [9.17, 15) is 0 Å². The van der Waals surface area contributed by atoms with E-state index in [2.05, 4.69) is 0 Å². The average molecular weight is 360 g/mol. The Morgan fingerprint density at radius 1 is 0.450 bits per heavy atom. The molecule has 14 heteroatoms. The molecule has 0 amide bonds. The third-order valence-electron chi connectivity index (χ3n) is 0.667. The molecule has 0 spiro atoms. The Kier molecular flexibility index (Phi) is 42.0. The standard InChI is InChI=1S/C6H6.2Al.3O3Si/c1-2-4-6-5-3-1;;;3*1-4(2)3/h1-6H;;;;;/q;2*+3;3*-2. The van der Waals surface area contributed by atoms with Crippen molar-refractivity contribution in [3.8, 4) is 0 Å². The Morgan fingerprint density at radius 3 is 0.550 bits per heavy atom. The third-order valence-corrected chi connectivity index (χ3v) is 0.667. The monoisotopic (exact) mass is 360 g/mol. The van der Waals surface area contributed by atoms with Gasteiger partial charge in [0.2, 0.25) is 0 Å². The maximum absolute atomic E-state index is 8.52. The van der Waals surface area contributed by atoms with Crippen LogP contribution in [-0.2, 0) is 13.4 Å². The average Bonchev–Trinajstić information content (AvgIpc) is 2.17. The minimum Gasteiger partial charge on any atom is -0.672 e. The van der Waals surface area contributed by atoms with E-state index in [0.29, 0.717) is 0 Å². The van der Waals surface area contributed by atoms with Gasteiger partial charge >= 0.3 is 34.7 Å². The van der Waals surface area contributed by atoms with Gasteiger partial charge in [-0.25, -0.2) is 0 Å². The molecule has 0 atom stereocenters. The fourth-order valence-corrected chi connectivity index (χ4v) is 0.385. The zero-order valence-corrected chi connectivity index (χ0v) is 15.1. The van der Waals surface area contributed by atoms with Crippen LogP contribution in [0.4, 0.5) is 0 Å². The SMILES string of the molecule is O=[Si]([O-])[O-].O=[Si]([O-])[O-].O=[Si]([O-])[O-].[Al+3].[Al+3].c1ccccc1. The molecular formula is C6H6Al2O9Si3. The van der Waals surface area contributed by atoms with Gasteiger partial charge in [0.25, 0.3) is 0 Å². The van der Waals surface area contributed by atoms with Gasteiger partial charge in [0, 0.05) is 27.5 Å². The summed E-state index contributed by atoms with van der Waals surface area (Å²) in [7, 11) is -10.9. The van der Waals surface area contributed by atoms with Crippen molar-refractivity contribution in [1.29, 1.82) is 0 Å². The van der Waals surface area contributed by atoms with Crippen molar-refractivity contribution in [1.82, 2.24) is 0 Å². The molecule has 0 N–H and O–H groups in total. The van der Waals surface area contributed by atoms with E-state index in [0.717, 1.165) is 0 Å². The first-order valence-corrected chi connectivity index (χ1v) is 7.51. The molecule has 0 unspecified atom stereocenters. The minimum atomic E-state index is -3.63. The van der Waals surface area contributed by atoms with E-state index in [4.69, 9.17) is 42.2 Å². The first-order valence-electron chi connectivity index (χ1n) is 3.84. The van der Waals surface area contributed by atoms with Crippen LogP contribution in [0.2, 0.25) is 0 Å². The normalized spacial score (nSPS) is 6.00. The van der Waals surface area contributed by atoms with Crippen molar-refractivity contribution in [3.05, 3.63) is 36.4 Å². The maximum atomic E-state index is 8.52. The zero-order chi connectivity index (χ0) is 15.0. The fourth-order valence-electron chi connectivity index (χ4n) is 0.385. The number of hydrogen-bond acceptors (Lipinski definition) is 9. The van der Waals surface area contributed by atoms with E-state index in [1.54, 1.807) is 0 Å². The molecule has 0 saturated heterocycles. The number of hydrogen-bond donors (Lipinski definition) is 0. The molecular weight excluding hydrogens is 354 g/mol. The largest absolute Gasteiger partial charge is 3.00 e. The molecule has 102 valence electrons. The molecule has 0 fully saturated rings. The van der Waals surface area contributed by atoms with Crippen LogP contribution >= 0.6 is 0 Å². The van der Waals surface area contributed by atoms with Crippen LogP contribution in [0.5, 0.6) is 0 Å². The van der Waals surface area contributed by atoms with E-state index in [1.165, 1.54) is 0 Å². The second-order valence-electron chi connectivity index (χ2n) is 1.90. The van der Waals surface area contributed by atoms with Crippen LogP contribution in [0.15, 0.2) is 36.4 Å². The van der Waals surface area contributed by atoms with E-state index >= 15 is 0 Å². The second kappa shape index (κ2) is 26.7.